The van der Waals surface area contributed by atoms with Crippen LogP contribution in [0.5, 0.6) is 0 Å². The number of esters is 1. The molecule has 0 N–H and O–H groups in total. The molecule has 0 saturated carbocycles. The SMILES string of the molecule is O=C(CCN1C(=O)[C@H]2CC=CC[C@@H]2C1=O)OCC(=O)N1N=C(c2ccc3ccccc3c2)C[C@H]1c1ccccc1. The van der Waals surface area contributed by atoms with Gasteiger partial charge in [0.1, 0.15) is 0 Å². The van der Waals surface area contributed by atoms with Gasteiger partial charge in [0.2, 0.25) is 11.8 Å². The molecule has 0 radical (unpaired) electrons. The van der Waals surface area contributed by atoms with Crippen molar-refractivity contribution in [1.29, 1.82) is 0 Å². The second kappa shape index (κ2) is 10.9. The van der Waals surface area contributed by atoms with Gasteiger partial charge in [0, 0.05) is 13.0 Å². The first kappa shape index (κ1) is 25.7. The summed E-state index contributed by atoms with van der Waals surface area (Å²) >= 11 is 0. The third kappa shape index (κ3) is 4.93. The minimum Gasteiger partial charge on any atom is -0.455 e. The van der Waals surface area contributed by atoms with Gasteiger partial charge < -0.3 is 4.74 Å². The Kier molecular flexibility index (Phi) is 6.99. The Bertz CT molecular complexity index is 1520. The number of fused-ring (bicyclic) bond motifs is 2. The lowest BCUT2D eigenvalue weighted by molar-refractivity contribution is -0.153. The molecule has 3 amide bonds. The minimum absolute atomic E-state index is 0.0433. The highest BCUT2D eigenvalue weighted by Gasteiger charge is 2.47. The van der Waals surface area contributed by atoms with Crippen molar-refractivity contribution >= 4 is 40.2 Å². The molecule has 1 fully saturated rings. The maximum absolute atomic E-state index is 13.3. The molecule has 3 atom stereocenters. The monoisotopic (exact) mass is 535 g/mol. The van der Waals surface area contributed by atoms with E-state index in [0.29, 0.717) is 19.3 Å². The zero-order valence-corrected chi connectivity index (χ0v) is 21.9. The quantitative estimate of drug-likeness (QED) is 0.254. The molecule has 3 aliphatic rings. The van der Waals surface area contributed by atoms with Gasteiger partial charge in [-0.3, -0.25) is 24.1 Å². The van der Waals surface area contributed by atoms with E-state index in [4.69, 9.17) is 4.74 Å². The number of benzene rings is 3. The van der Waals surface area contributed by atoms with E-state index in [0.717, 1.165) is 32.5 Å². The third-order valence-electron chi connectivity index (χ3n) is 7.93. The smallest absolute Gasteiger partial charge is 0.308 e. The van der Waals surface area contributed by atoms with Crippen LogP contribution in [0.25, 0.3) is 10.8 Å². The van der Waals surface area contributed by atoms with Crippen LogP contribution in [-0.2, 0) is 23.9 Å². The van der Waals surface area contributed by atoms with Gasteiger partial charge in [-0.15, -0.1) is 0 Å². The van der Waals surface area contributed by atoms with Crippen LogP contribution in [0, 0.1) is 11.8 Å². The predicted molar refractivity (Wildman–Crippen MR) is 149 cm³/mol. The van der Waals surface area contributed by atoms with Crippen molar-refractivity contribution in [2.75, 3.05) is 13.2 Å². The molecule has 2 heterocycles. The molecule has 1 aliphatic carbocycles. The van der Waals surface area contributed by atoms with Gasteiger partial charge in [0.25, 0.3) is 5.91 Å². The normalized spacial score (nSPS) is 22.0. The van der Waals surface area contributed by atoms with Gasteiger partial charge in [0.15, 0.2) is 6.61 Å². The largest absolute Gasteiger partial charge is 0.455 e. The van der Waals surface area contributed by atoms with Crippen molar-refractivity contribution in [3.8, 4) is 0 Å². The number of nitrogens with zero attached hydrogens (tertiary/aromatic N) is 3. The molecular weight excluding hydrogens is 506 g/mol. The molecule has 0 aromatic heterocycles. The second-order valence-corrected chi connectivity index (χ2v) is 10.4. The van der Waals surface area contributed by atoms with Gasteiger partial charge in [-0.25, -0.2) is 5.01 Å². The number of ether oxygens (including phenoxy) is 1. The van der Waals surface area contributed by atoms with Crippen LogP contribution in [-0.4, -0.2) is 52.5 Å². The summed E-state index contributed by atoms with van der Waals surface area (Å²) in [5.41, 5.74) is 2.65. The van der Waals surface area contributed by atoms with Crippen molar-refractivity contribution in [2.24, 2.45) is 16.9 Å². The Morgan fingerprint density at radius 3 is 2.25 bits per heavy atom. The average molecular weight is 536 g/mol. The molecule has 3 aromatic carbocycles. The lowest BCUT2D eigenvalue weighted by atomic mass is 9.85. The van der Waals surface area contributed by atoms with E-state index in [9.17, 15) is 19.2 Å². The van der Waals surface area contributed by atoms with E-state index >= 15 is 0 Å². The Hall–Kier alpha value is -4.59. The number of amides is 3. The second-order valence-electron chi connectivity index (χ2n) is 10.4. The Morgan fingerprint density at radius 1 is 0.850 bits per heavy atom. The van der Waals surface area contributed by atoms with Crippen LogP contribution in [0.3, 0.4) is 0 Å². The maximum Gasteiger partial charge on any atom is 0.308 e. The van der Waals surface area contributed by atoms with Gasteiger partial charge in [-0.05, 0) is 40.8 Å². The van der Waals surface area contributed by atoms with Crippen molar-refractivity contribution in [3.05, 3.63) is 96.1 Å². The van der Waals surface area contributed by atoms with E-state index in [-0.39, 0.29) is 42.7 Å². The fraction of sp³-hybridized carbons (Fsp3) is 0.281. The van der Waals surface area contributed by atoms with Crippen LogP contribution in [0.15, 0.2) is 90.0 Å². The Labute approximate surface area is 231 Å². The Balaban J connectivity index is 1.12. The molecule has 202 valence electrons. The molecule has 0 bridgehead atoms. The summed E-state index contributed by atoms with van der Waals surface area (Å²) in [6.45, 7) is -0.522. The summed E-state index contributed by atoms with van der Waals surface area (Å²) in [4.78, 5) is 52.2. The van der Waals surface area contributed by atoms with E-state index in [1.54, 1.807) is 0 Å². The number of likely N-dealkylation sites (tertiary alicyclic amines) is 1. The van der Waals surface area contributed by atoms with E-state index in [1.807, 2.05) is 78.9 Å². The molecule has 2 aliphatic heterocycles. The van der Waals surface area contributed by atoms with Gasteiger partial charge in [-0.1, -0.05) is 78.9 Å². The standard InChI is InChI=1S/C32H29N3O5/c36-29(20-40-30(37)16-17-34-31(38)25-12-6-7-13-26(25)32(34)39)35-28(22-9-2-1-3-10-22)19-27(33-35)24-15-14-21-8-4-5-11-23(21)18-24/h1-11,14-15,18,25-26,28H,12-13,16-17,19-20H2/t25-,26-,28-/m0/s1. The van der Waals surface area contributed by atoms with Crippen LogP contribution in [0.2, 0.25) is 0 Å². The van der Waals surface area contributed by atoms with Crippen LogP contribution < -0.4 is 0 Å². The topological polar surface area (TPSA) is 96.3 Å². The van der Waals surface area contributed by atoms with Gasteiger partial charge in [0.05, 0.1) is 30.0 Å². The van der Waals surface area contributed by atoms with Gasteiger partial charge in [-0.2, -0.15) is 5.10 Å². The molecule has 8 nitrogen and oxygen atoms in total. The zero-order valence-electron chi connectivity index (χ0n) is 21.9. The number of imide groups is 1. The van der Waals surface area contributed by atoms with Crippen LogP contribution >= 0.6 is 0 Å². The highest BCUT2D eigenvalue weighted by atomic mass is 16.5. The molecule has 0 spiro atoms. The first-order chi connectivity index (χ1) is 19.5. The fourth-order valence-corrected chi connectivity index (χ4v) is 5.79. The average Bonchev–Trinajstić information content (AvgIpc) is 3.55. The molecule has 1 saturated heterocycles. The van der Waals surface area contributed by atoms with E-state index in [1.165, 1.54) is 5.01 Å². The van der Waals surface area contributed by atoms with E-state index < -0.39 is 18.5 Å². The van der Waals surface area contributed by atoms with Crippen LogP contribution in [0.4, 0.5) is 0 Å². The summed E-state index contributed by atoms with van der Waals surface area (Å²) < 4.78 is 5.29. The van der Waals surface area contributed by atoms with Gasteiger partial charge >= 0.3 is 5.97 Å². The first-order valence-electron chi connectivity index (χ1n) is 13.6. The summed E-state index contributed by atoms with van der Waals surface area (Å²) in [7, 11) is 0. The van der Waals surface area contributed by atoms with Crippen molar-refractivity contribution < 1.29 is 23.9 Å². The molecule has 0 unspecified atom stereocenters. The number of hydrazone groups is 1. The zero-order chi connectivity index (χ0) is 27.6. The fourth-order valence-electron chi connectivity index (χ4n) is 5.79. The molecule has 8 heteroatoms. The predicted octanol–water partition coefficient (Wildman–Crippen LogP) is 4.40. The number of allylic oxidation sites excluding steroid dienone is 2. The van der Waals surface area contributed by atoms with Crippen molar-refractivity contribution in [3.63, 3.8) is 0 Å². The van der Waals surface area contributed by atoms with Crippen molar-refractivity contribution in [1.82, 2.24) is 9.91 Å². The number of hydrogen-bond acceptors (Lipinski definition) is 6. The lowest BCUT2D eigenvalue weighted by Crippen LogP contribution is -2.34. The first-order valence-corrected chi connectivity index (χ1v) is 13.6. The molecule has 3 aromatic rings. The van der Waals surface area contributed by atoms with E-state index in [2.05, 4.69) is 11.2 Å². The molecule has 6 rings (SSSR count). The molecular formula is C32H29N3O5. The van der Waals surface area contributed by atoms with Crippen molar-refractivity contribution in [2.45, 2.75) is 31.7 Å². The summed E-state index contributed by atoms with van der Waals surface area (Å²) in [5.74, 6) is -2.23. The minimum atomic E-state index is -0.642. The lowest BCUT2D eigenvalue weighted by Gasteiger charge is -2.22. The summed E-state index contributed by atoms with van der Waals surface area (Å²) in [6, 6.07) is 23.5. The number of hydrogen-bond donors (Lipinski definition) is 0. The highest BCUT2D eigenvalue weighted by Crippen LogP contribution is 2.35. The summed E-state index contributed by atoms with van der Waals surface area (Å²) in [6.07, 6.45) is 5.30. The van der Waals surface area contributed by atoms with Crippen LogP contribution in [0.1, 0.15) is 42.9 Å². The number of carbonyl (C=O) groups is 4. The Morgan fingerprint density at radius 2 is 1.52 bits per heavy atom. The number of rotatable bonds is 7. The summed E-state index contributed by atoms with van der Waals surface area (Å²) in [5, 5.41) is 8.29. The molecule has 40 heavy (non-hydrogen) atoms. The maximum atomic E-state index is 13.3. The third-order valence-corrected chi connectivity index (χ3v) is 7.93. The highest BCUT2D eigenvalue weighted by molar-refractivity contribution is 6.06. The number of carbonyl (C=O) groups excluding carboxylic acids is 4.